The van der Waals surface area contributed by atoms with Gasteiger partial charge in [-0.15, -0.1) is 0 Å². The highest BCUT2D eigenvalue weighted by molar-refractivity contribution is 6.02. The number of rotatable bonds is 6. The maximum absolute atomic E-state index is 13.9. The van der Waals surface area contributed by atoms with Crippen molar-refractivity contribution >= 4 is 17.5 Å². The van der Waals surface area contributed by atoms with Gasteiger partial charge in [0.1, 0.15) is 0 Å². The Morgan fingerprint density at radius 2 is 1.24 bits per heavy atom. The highest BCUT2D eigenvalue weighted by Gasteiger charge is 2.46. The van der Waals surface area contributed by atoms with E-state index in [9.17, 15) is 14.4 Å². The number of ketones is 2. The molecule has 34 heavy (non-hydrogen) atoms. The number of nitrogens with zero attached hydrogens (tertiary/aromatic N) is 1. The number of piperidine rings is 1. The van der Waals surface area contributed by atoms with Crippen LogP contribution in [-0.2, 0) is 4.79 Å². The fraction of sp³-hybridized carbons (Fsp3) is 0.300. The molecule has 0 aromatic heterocycles. The van der Waals surface area contributed by atoms with Gasteiger partial charge in [0.05, 0.1) is 0 Å². The van der Waals surface area contributed by atoms with E-state index in [-0.39, 0.29) is 23.4 Å². The van der Waals surface area contributed by atoms with Crippen LogP contribution in [0, 0.1) is 25.7 Å². The Morgan fingerprint density at radius 3 is 1.71 bits per heavy atom. The number of hydrogen-bond acceptors (Lipinski definition) is 3. The number of carbonyl (C=O) groups excluding carboxylic acids is 3. The smallest absolute Gasteiger partial charge is 0.222 e. The monoisotopic (exact) mass is 453 g/mol. The van der Waals surface area contributed by atoms with Crippen LogP contribution in [0.15, 0.2) is 78.9 Å². The minimum absolute atomic E-state index is 0.0222. The molecule has 3 atom stereocenters. The second-order valence-electron chi connectivity index (χ2n) is 9.14. The van der Waals surface area contributed by atoms with Crippen molar-refractivity contribution < 1.29 is 14.4 Å². The third kappa shape index (κ3) is 4.58. The zero-order chi connectivity index (χ0) is 24.2. The van der Waals surface area contributed by atoms with E-state index >= 15 is 0 Å². The Hall–Kier alpha value is -3.53. The van der Waals surface area contributed by atoms with Crippen LogP contribution in [0.5, 0.6) is 0 Å². The fourth-order valence-corrected chi connectivity index (χ4v) is 5.18. The molecule has 1 saturated heterocycles. The van der Waals surface area contributed by atoms with Crippen molar-refractivity contribution in [3.8, 4) is 0 Å². The summed E-state index contributed by atoms with van der Waals surface area (Å²) in [5.74, 6) is -1.41. The number of carbonyl (C=O) groups is 3. The van der Waals surface area contributed by atoms with Crippen LogP contribution in [0.25, 0.3) is 0 Å². The Balaban J connectivity index is 1.88. The predicted octanol–water partition coefficient (Wildman–Crippen LogP) is 5.64. The van der Waals surface area contributed by atoms with Gasteiger partial charge in [0, 0.05) is 48.4 Å². The molecule has 4 heteroatoms. The molecule has 1 unspecified atom stereocenters. The average Bonchev–Trinajstić information content (AvgIpc) is 2.89. The summed E-state index contributed by atoms with van der Waals surface area (Å²) < 4.78 is 0. The molecule has 174 valence electrons. The summed E-state index contributed by atoms with van der Waals surface area (Å²) in [6, 6.07) is 24.5. The zero-order valence-electron chi connectivity index (χ0n) is 20.0. The van der Waals surface area contributed by atoms with Crippen molar-refractivity contribution in [2.24, 2.45) is 11.8 Å². The number of benzene rings is 3. The van der Waals surface area contributed by atoms with E-state index in [0.717, 1.165) is 16.7 Å². The van der Waals surface area contributed by atoms with E-state index in [1.54, 1.807) is 4.90 Å². The highest BCUT2D eigenvalue weighted by atomic mass is 16.2. The molecular formula is C30H31NO3. The lowest BCUT2D eigenvalue weighted by atomic mass is 9.67. The average molecular weight is 454 g/mol. The van der Waals surface area contributed by atoms with Crippen LogP contribution in [-0.4, -0.2) is 35.5 Å². The van der Waals surface area contributed by atoms with Gasteiger partial charge >= 0.3 is 0 Å². The second kappa shape index (κ2) is 10.2. The number of aryl methyl sites for hydroxylation is 1. The third-order valence-corrected chi connectivity index (χ3v) is 7.15. The lowest BCUT2D eigenvalue weighted by Gasteiger charge is -2.43. The number of amides is 1. The van der Waals surface area contributed by atoms with Crippen LogP contribution in [0.3, 0.4) is 0 Å². The van der Waals surface area contributed by atoms with E-state index in [0.29, 0.717) is 30.6 Å². The molecule has 0 spiro atoms. The summed E-state index contributed by atoms with van der Waals surface area (Å²) in [5, 5.41) is 0. The molecule has 3 aromatic carbocycles. The third-order valence-electron chi connectivity index (χ3n) is 7.15. The summed E-state index contributed by atoms with van der Waals surface area (Å²) >= 11 is 0. The van der Waals surface area contributed by atoms with E-state index in [1.807, 2.05) is 79.7 Å². The Kier molecular flexibility index (Phi) is 7.06. The van der Waals surface area contributed by atoms with Gasteiger partial charge < -0.3 is 4.90 Å². The van der Waals surface area contributed by atoms with Crippen LogP contribution < -0.4 is 0 Å². The van der Waals surface area contributed by atoms with Crippen molar-refractivity contribution in [1.82, 2.24) is 4.90 Å². The number of hydrogen-bond donors (Lipinski definition) is 0. The van der Waals surface area contributed by atoms with Gasteiger partial charge in [-0.25, -0.2) is 0 Å². The van der Waals surface area contributed by atoms with Crippen molar-refractivity contribution in [3.05, 3.63) is 107 Å². The quantitative estimate of drug-likeness (QED) is 0.454. The summed E-state index contributed by atoms with van der Waals surface area (Å²) in [4.78, 5) is 42.3. The van der Waals surface area contributed by atoms with Crippen LogP contribution in [0.4, 0.5) is 0 Å². The highest BCUT2D eigenvalue weighted by Crippen LogP contribution is 2.42. The van der Waals surface area contributed by atoms with Gasteiger partial charge in [-0.2, -0.15) is 0 Å². The standard InChI is InChI=1S/C30H31NO3/c1-4-27(32)31-18-25(29(33)22-13-7-5-8-14-22)28(24-17-11-12-20(2)21(24)3)26(19-31)30(34)23-15-9-6-10-16-23/h5-17,25-26,28H,4,18-19H2,1-3H3/t25-,26+,28?. The maximum atomic E-state index is 13.9. The lowest BCUT2D eigenvalue weighted by Crippen LogP contribution is -2.52. The Bertz CT molecular complexity index is 1120. The van der Waals surface area contributed by atoms with Gasteiger partial charge in [0.2, 0.25) is 5.91 Å². The summed E-state index contributed by atoms with van der Waals surface area (Å²) in [6.07, 6.45) is 0.340. The van der Waals surface area contributed by atoms with Crippen molar-refractivity contribution in [1.29, 1.82) is 0 Å². The first-order valence-electron chi connectivity index (χ1n) is 11.9. The normalized spacial score (nSPS) is 20.1. The molecule has 0 radical (unpaired) electrons. The van der Waals surface area contributed by atoms with E-state index in [2.05, 4.69) is 19.9 Å². The topological polar surface area (TPSA) is 54.5 Å². The molecule has 0 N–H and O–H groups in total. The van der Waals surface area contributed by atoms with Gasteiger partial charge in [0.25, 0.3) is 0 Å². The summed E-state index contributed by atoms with van der Waals surface area (Å²) in [5.41, 5.74) is 4.46. The molecule has 0 aliphatic carbocycles. The largest absolute Gasteiger partial charge is 0.341 e. The zero-order valence-corrected chi connectivity index (χ0v) is 20.0. The van der Waals surface area contributed by atoms with E-state index < -0.39 is 11.8 Å². The SMILES string of the molecule is CCC(=O)N1C[C@H](C(=O)c2ccccc2)C(c2cccc(C)c2C)[C@H](C(=O)c2ccccc2)C1. The van der Waals surface area contributed by atoms with E-state index in [4.69, 9.17) is 0 Å². The van der Waals surface area contributed by atoms with Gasteiger partial charge in [-0.05, 0) is 30.5 Å². The van der Waals surface area contributed by atoms with Gasteiger partial charge in [0.15, 0.2) is 11.6 Å². The van der Waals surface area contributed by atoms with Crippen molar-refractivity contribution in [2.75, 3.05) is 13.1 Å². The van der Waals surface area contributed by atoms with Gasteiger partial charge in [-0.3, -0.25) is 14.4 Å². The van der Waals surface area contributed by atoms with Gasteiger partial charge in [-0.1, -0.05) is 85.8 Å². The van der Waals surface area contributed by atoms with Crippen LogP contribution in [0.1, 0.15) is 56.7 Å². The fourth-order valence-electron chi connectivity index (χ4n) is 5.18. The molecule has 4 nitrogen and oxygen atoms in total. The minimum atomic E-state index is -0.509. The first-order valence-corrected chi connectivity index (χ1v) is 11.9. The van der Waals surface area contributed by atoms with Crippen LogP contribution >= 0.6 is 0 Å². The molecule has 1 aliphatic heterocycles. The van der Waals surface area contributed by atoms with Crippen LogP contribution in [0.2, 0.25) is 0 Å². The summed E-state index contributed by atoms with van der Waals surface area (Å²) in [6.45, 7) is 6.56. The Labute approximate surface area is 201 Å². The van der Waals surface area contributed by atoms with Crippen molar-refractivity contribution in [2.45, 2.75) is 33.1 Å². The predicted molar refractivity (Wildman–Crippen MR) is 134 cm³/mol. The number of likely N-dealkylation sites (tertiary alicyclic amines) is 1. The van der Waals surface area contributed by atoms with E-state index in [1.165, 1.54) is 0 Å². The first-order chi connectivity index (χ1) is 16.4. The molecule has 1 fully saturated rings. The molecule has 4 rings (SSSR count). The maximum Gasteiger partial charge on any atom is 0.222 e. The summed E-state index contributed by atoms with van der Waals surface area (Å²) in [7, 11) is 0. The molecular weight excluding hydrogens is 422 g/mol. The first kappa shape index (κ1) is 23.6. The molecule has 1 heterocycles. The minimum Gasteiger partial charge on any atom is -0.341 e. The second-order valence-corrected chi connectivity index (χ2v) is 9.14. The van der Waals surface area contributed by atoms with Crippen molar-refractivity contribution in [3.63, 3.8) is 0 Å². The Morgan fingerprint density at radius 1 is 0.735 bits per heavy atom. The molecule has 0 bridgehead atoms. The molecule has 1 aliphatic rings. The number of Topliss-reactive ketones (excluding diaryl/α,β-unsaturated/α-hetero) is 2. The molecule has 1 amide bonds. The molecule has 0 saturated carbocycles. The lowest BCUT2D eigenvalue weighted by molar-refractivity contribution is -0.133. The molecule has 3 aromatic rings.